The molecular weight excluding hydrogens is 296 g/mol. The van der Waals surface area contributed by atoms with Gasteiger partial charge in [0.1, 0.15) is 5.75 Å². The summed E-state index contributed by atoms with van der Waals surface area (Å²) < 4.78 is 0.668. The number of aromatic hydroxyl groups is 1. The van der Waals surface area contributed by atoms with Gasteiger partial charge in [-0.2, -0.15) is 0 Å². The largest absolute Gasteiger partial charge is 0.507 e. The Morgan fingerprint density at radius 2 is 2.33 bits per heavy atom. The van der Waals surface area contributed by atoms with E-state index >= 15 is 0 Å². The van der Waals surface area contributed by atoms with Crippen LogP contribution in [0.25, 0.3) is 0 Å². The number of phenols is 1. The van der Waals surface area contributed by atoms with E-state index < -0.39 is 0 Å². The number of phenolic OH excluding ortho intramolecular Hbond substituents is 1. The second-order valence-corrected chi connectivity index (χ2v) is 5.61. The molecule has 0 saturated carbocycles. The van der Waals surface area contributed by atoms with Crippen LogP contribution in [-0.2, 0) is 0 Å². The molecule has 2 rings (SSSR count). The lowest BCUT2D eigenvalue weighted by atomic mass is 10.0. The highest BCUT2D eigenvalue weighted by atomic mass is 79.9. The average Bonchev–Trinajstić information content (AvgIpc) is 2.35. The van der Waals surface area contributed by atoms with Gasteiger partial charge in [-0.1, -0.05) is 6.07 Å². The van der Waals surface area contributed by atoms with Crippen LogP contribution in [0.5, 0.6) is 5.75 Å². The molecule has 2 unspecified atom stereocenters. The molecule has 0 spiro atoms. The van der Waals surface area contributed by atoms with Crippen molar-refractivity contribution in [1.82, 2.24) is 10.2 Å². The summed E-state index contributed by atoms with van der Waals surface area (Å²) in [7, 11) is 0. The standard InChI is InChI=1S/C13H19BrN2O2/c1-9-7-16(5-4-15-9)12(8-17)10-2-3-13(18)11(14)6-10/h2-3,6,9,12,15,17-18H,4-5,7-8H2,1H3. The van der Waals surface area contributed by atoms with Crippen molar-refractivity contribution in [3.8, 4) is 5.75 Å². The van der Waals surface area contributed by atoms with Crippen molar-refractivity contribution >= 4 is 15.9 Å². The van der Waals surface area contributed by atoms with E-state index in [9.17, 15) is 10.2 Å². The third kappa shape index (κ3) is 3.03. The zero-order valence-electron chi connectivity index (χ0n) is 10.4. The smallest absolute Gasteiger partial charge is 0.129 e. The van der Waals surface area contributed by atoms with Crippen LogP contribution in [0.1, 0.15) is 18.5 Å². The van der Waals surface area contributed by atoms with E-state index in [4.69, 9.17) is 0 Å². The van der Waals surface area contributed by atoms with Crippen molar-refractivity contribution < 1.29 is 10.2 Å². The first kappa shape index (κ1) is 13.8. The van der Waals surface area contributed by atoms with Crippen molar-refractivity contribution in [1.29, 1.82) is 0 Å². The van der Waals surface area contributed by atoms with Crippen LogP contribution in [0.3, 0.4) is 0 Å². The van der Waals surface area contributed by atoms with E-state index in [0.29, 0.717) is 10.5 Å². The summed E-state index contributed by atoms with van der Waals surface area (Å²) in [5, 5.41) is 22.5. The zero-order valence-corrected chi connectivity index (χ0v) is 12.0. The van der Waals surface area contributed by atoms with Crippen LogP contribution in [-0.4, -0.2) is 47.4 Å². The fourth-order valence-electron chi connectivity index (χ4n) is 2.41. The Morgan fingerprint density at radius 1 is 1.56 bits per heavy atom. The molecule has 100 valence electrons. The minimum absolute atomic E-state index is 0.00792. The molecule has 1 aliphatic heterocycles. The van der Waals surface area contributed by atoms with Gasteiger partial charge in [-0.25, -0.2) is 0 Å². The number of rotatable bonds is 3. The van der Waals surface area contributed by atoms with Crippen LogP contribution >= 0.6 is 15.9 Å². The van der Waals surface area contributed by atoms with Crippen LogP contribution in [0.15, 0.2) is 22.7 Å². The molecule has 3 N–H and O–H groups in total. The van der Waals surface area contributed by atoms with Crippen LogP contribution < -0.4 is 5.32 Å². The summed E-state index contributed by atoms with van der Waals surface area (Å²) in [5.41, 5.74) is 1.02. The van der Waals surface area contributed by atoms with Gasteiger partial charge in [0.05, 0.1) is 17.1 Å². The number of aliphatic hydroxyl groups is 1. The van der Waals surface area contributed by atoms with Gasteiger partial charge in [0, 0.05) is 25.7 Å². The third-order valence-electron chi connectivity index (χ3n) is 3.37. The van der Waals surface area contributed by atoms with Gasteiger partial charge < -0.3 is 15.5 Å². The van der Waals surface area contributed by atoms with E-state index in [-0.39, 0.29) is 18.4 Å². The maximum Gasteiger partial charge on any atom is 0.129 e. The summed E-state index contributed by atoms with van der Waals surface area (Å²) in [5.74, 6) is 0.226. The van der Waals surface area contributed by atoms with Gasteiger partial charge in [-0.05, 0) is 40.5 Å². The summed E-state index contributed by atoms with van der Waals surface area (Å²) >= 11 is 3.32. The molecule has 0 amide bonds. The van der Waals surface area contributed by atoms with E-state index in [1.165, 1.54) is 0 Å². The van der Waals surface area contributed by atoms with Crippen molar-refractivity contribution in [2.45, 2.75) is 19.0 Å². The number of piperazine rings is 1. The van der Waals surface area contributed by atoms with Gasteiger partial charge in [-0.3, -0.25) is 4.90 Å². The summed E-state index contributed by atoms with van der Waals surface area (Å²) in [6.07, 6.45) is 0. The Kier molecular flexibility index (Phi) is 4.61. The highest BCUT2D eigenvalue weighted by Crippen LogP contribution is 2.29. The Hall–Kier alpha value is -0.620. The van der Waals surface area contributed by atoms with E-state index in [1.807, 2.05) is 12.1 Å². The van der Waals surface area contributed by atoms with Gasteiger partial charge >= 0.3 is 0 Å². The first-order valence-corrected chi connectivity index (χ1v) is 6.98. The predicted molar refractivity (Wildman–Crippen MR) is 74.7 cm³/mol. The molecule has 1 saturated heterocycles. The third-order valence-corrected chi connectivity index (χ3v) is 4.01. The molecule has 2 atom stereocenters. The maximum absolute atomic E-state index is 9.64. The zero-order chi connectivity index (χ0) is 13.1. The van der Waals surface area contributed by atoms with Crippen molar-refractivity contribution in [2.24, 2.45) is 0 Å². The normalized spacial score (nSPS) is 22.9. The Labute approximate surface area is 116 Å². The highest BCUT2D eigenvalue weighted by molar-refractivity contribution is 9.10. The predicted octanol–water partition coefficient (Wildman–Crippen LogP) is 1.48. The molecule has 1 heterocycles. The second kappa shape index (κ2) is 6.02. The maximum atomic E-state index is 9.64. The topological polar surface area (TPSA) is 55.7 Å². The fourth-order valence-corrected chi connectivity index (χ4v) is 2.80. The number of halogens is 1. The monoisotopic (exact) mass is 314 g/mol. The minimum Gasteiger partial charge on any atom is -0.507 e. The molecule has 1 aromatic rings. The van der Waals surface area contributed by atoms with Crippen LogP contribution in [0.2, 0.25) is 0 Å². The minimum atomic E-state index is -0.00792. The van der Waals surface area contributed by atoms with Gasteiger partial charge in [-0.15, -0.1) is 0 Å². The molecule has 0 bridgehead atoms. The fraction of sp³-hybridized carbons (Fsp3) is 0.538. The summed E-state index contributed by atoms with van der Waals surface area (Å²) in [6.45, 7) is 5.02. The van der Waals surface area contributed by atoms with Crippen molar-refractivity contribution in [3.63, 3.8) is 0 Å². The van der Waals surface area contributed by atoms with Crippen molar-refractivity contribution in [3.05, 3.63) is 28.2 Å². The number of hydrogen-bond donors (Lipinski definition) is 3. The van der Waals surface area contributed by atoms with Gasteiger partial charge in [0.25, 0.3) is 0 Å². The molecule has 4 nitrogen and oxygen atoms in total. The Morgan fingerprint density at radius 3 is 2.94 bits per heavy atom. The first-order chi connectivity index (χ1) is 8.61. The number of nitrogens with one attached hydrogen (secondary N) is 1. The van der Waals surface area contributed by atoms with E-state index in [0.717, 1.165) is 25.2 Å². The van der Waals surface area contributed by atoms with E-state index in [1.54, 1.807) is 6.07 Å². The molecule has 5 heteroatoms. The molecule has 0 aliphatic carbocycles. The van der Waals surface area contributed by atoms with Crippen LogP contribution in [0, 0.1) is 0 Å². The number of hydrogen-bond acceptors (Lipinski definition) is 4. The Balaban J connectivity index is 2.18. The molecular formula is C13H19BrN2O2. The molecule has 0 aromatic heterocycles. The van der Waals surface area contributed by atoms with Gasteiger partial charge in [0.15, 0.2) is 0 Å². The molecule has 0 radical (unpaired) electrons. The van der Waals surface area contributed by atoms with Crippen LogP contribution in [0.4, 0.5) is 0 Å². The summed E-state index contributed by atoms with van der Waals surface area (Å²) in [4.78, 5) is 2.28. The number of aliphatic hydroxyl groups excluding tert-OH is 1. The second-order valence-electron chi connectivity index (χ2n) is 4.76. The lowest BCUT2D eigenvalue weighted by molar-refractivity contribution is 0.0962. The number of nitrogens with zero attached hydrogens (tertiary/aromatic N) is 1. The summed E-state index contributed by atoms with van der Waals surface area (Å²) in [6, 6.07) is 5.84. The highest BCUT2D eigenvalue weighted by Gasteiger charge is 2.24. The first-order valence-electron chi connectivity index (χ1n) is 6.18. The molecule has 1 fully saturated rings. The molecule has 18 heavy (non-hydrogen) atoms. The lowest BCUT2D eigenvalue weighted by Crippen LogP contribution is -2.50. The van der Waals surface area contributed by atoms with Crippen molar-refractivity contribution in [2.75, 3.05) is 26.2 Å². The number of benzene rings is 1. The SMILES string of the molecule is CC1CN(C(CO)c2ccc(O)c(Br)c2)CCN1. The lowest BCUT2D eigenvalue weighted by Gasteiger charge is -2.37. The quantitative estimate of drug-likeness (QED) is 0.791. The molecule has 1 aromatic carbocycles. The molecule has 1 aliphatic rings. The van der Waals surface area contributed by atoms with Gasteiger partial charge in [0.2, 0.25) is 0 Å². The van der Waals surface area contributed by atoms with E-state index in [2.05, 4.69) is 33.1 Å². The average molecular weight is 315 g/mol. The Bertz CT molecular complexity index is 414.